The fourth-order valence-electron chi connectivity index (χ4n) is 2.36. The minimum atomic E-state index is -0.479. The lowest BCUT2D eigenvalue weighted by Gasteiger charge is -2.06. The Bertz CT molecular complexity index is 758. The number of hydrogen-bond acceptors (Lipinski definition) is 5. The largest absolute Gasteiger partial charge is 0.465 e. The summed E-state index contributed by atoms with van der Waals surface area (Å²) in [4.78, 5) is 30.5. The molecule has 0 unspecified atom stereocenters. The molecule has 0 bridgehead atoms. The zero-order valence-electron chi connectivity index (χ0n) is 12.0. The third-order valence-electron chi connectivity index (χ3n) is 3.64. The number of aromatic nitrogens is 2. The lowest BCUT2D eigenvalue weighted by molar-refractivity contribution is 0.291. The van der Waals surface area contributed by atoms with Gasteiger partial charge in [-0.2, -0.15) is 4.98 Å². The van der Waals surface area contributed by atoms with Crippen LogP contribution in [0.15, 0.2) is 20.1 Å². The molecule has 21 heavy (non-hydrogen) atoms. The van der Waals surface area contributed by atoms with E-state index >= 15 is 0 Å². The van der Waals surface area contributed by atoms with Crippen LogP contribution in [0.5, 0.6) is 6.01 Å². The first kappa shape index (κ1) is 13.9. The highest BCUT2D eigenvalue weighted by atomic mass is 16.5. The van der Waals surface area contributed by atoms with Crippen LogP contribution < -0.4 is 15.9 Å². The number of aryl methyl sites for hydroxylation is 1. The second-order valence-electron chi connectivity index (χ2n) is 5.47. The molecule has 1 N–H and O–H groups in total. The zero-order chi connectivity index (χ0) is 14.8. The Labute approximate surface area is 121 Å². The van der Waals surface area contributed by atoms with Crippen LogP contribution in [0.1, 0.15) is 38.2 Å². The molecule has 3 rings (SSSR count). The van der Waals surface area contributed by atoms with E-state index in [1.54, 1.807) is 0 Å². The van der Waals surface area contributed by atoms with Crippen molar-refractivity contribution in [2.75, 3.05) is 6.61 Å². The van der Waals surface area contributed by atoms with E-state index in [1.165, 1.54) is 18.9 Å². The molecule has 0 saturated heterocycles. The van der Waals surface area contributed by atoms with Crippen LogP contribution in [0.2, 0.25) is 0 Å². The molecule has 1 fully saturated rings. The lowest BCUT2D eigenvalue weighted by Crippen LogP contribution is -2.15. The number of hydrogen-bond donors (Lipinski definition) is 1. The molecule has 2 heterocycles. The van der Waals surface area contributed by atoms with Crippen molar-refractivity contribution in [3.63, 3.8) is 0 Å². The highest BCUT2D eigenvalue weighted by Crippen LogP contribution is 2.33. The summed E-state index contributed by atoms with van der Waals surface area (Å²) in [5.74, 6) is 0.728. The second-order valence-corrected chi connectivity index (χ2v) is 5.47. The van der Waals surface area contributed by atoms with Gasteiger partial charge in [0.2, 0.25) is 5.71 Å². The lowest BCUT2D eigenvalue weighted by atomic mass is 10.1. The molecule has 1 aliphatic rings. The van der Waals surface area contributed by atoms with E-state index in [0.717, 1.165) is 18.8 Å². The molecule has 0 aliphatic heterocycles. The molecular weight excluding hydrogens is 272 g/mol. The molecule has 2 aromatic rings. The van der Waals surface area contributed by atoms with Crippen molar-refractivity contribution in [2.24, 2.45) is 5.92 Å². The van der Waals surface area contributed by atoms with Crippen LogP contribution in [0.4, 0.5) is 0 Å². The smallest absolute Gasteiger partial charge is 0.337 e. The fraction of sp³-hybridized carbons (Fsp3) is 0.533. The van der Waals surface area contributed by atoms with Crippen molar-refractivity contribution in [3.8, 4) is 6.01 Å². The number of aromatic amines is 1. The summed E-state index contributed by atoms with van der Waals surface area (Å²) >= 11 is 0. The predicted molar refractivity (Wildman–Crippen MR) is 77.7 cm³/mol. The van der Waals surface area contributed by atoms with Crippen molar-refractivity contribution in [3.05, 3.63) is 32.4 Å². The standard InChI is InChI=1S/C15H18N2O4/c1-2-7-20-15-16-13(19)12-10(6-5-9-3-4-9)8-11(18)21-14(12)17-15/h8-9H,2-7H2,1H3,(H,16,17,19). The first-order chi connectivity index (χ1) is 10.2. The van der Waals surface area contributed by atoms with Crippen molar-refractivity contribution in [1.29, 1.82) is 0 Å². The van der Waals surface area contributed by atoms with Crippen LogP contribution in [-0.2, 0) is 6.42 Å². The zero-order valence-corrected chi connectivity index (χ0v) is 12.0. The van der Waals surface area contributed by atoms with Gasteiger partial charge in [0.1, 0.15) is 5.39 Å². The Morgan fingerprint density at radius 3 is 2.95 bits per heavy atom. The van der Waals surface area contributed by atoms with Gasteiger partial charge in [-0.05, 0) is 30.7 Å². The van der Waals surface area contributed by atoms with E-state index in [4.69, 9.17) is 9.15 Å². The maximum Gasteiger partial charge on any atom is 0.337 e. The van der Waals surface area contributed by atoms with Crippen molar-refractivity contribution >= 4 is 11.1 Å². The highest BCUT2D eigenvalue weighted by Gasteiger charge is 2.22. The fourth-order valence-corrected chi connectivity index (χ4v) is 2.36. The number of fused-ring (bicyclic) bond motifs is 1. The van der Waals surface area contributed by atoms with E-state index in [9.17, 15) is 9.59 Å². The summed E-state index contributed by atoms with van der Waals surface area (Å²) < 4.78 is 10.4. The van der Waals surface area contributed by atoms with E-state index in [0.29, 0.717) is 24.0 Å². The van der Waals surface area contributed by atoms with Gasteiger partial charge >= 0.3 is 5.63 Å². The van der Waals surface area contributed by atoms with Gasteiger partial charge in [-0.25, -0.2) is 4.79 Å². The monoisotopic (exact) mass is 290 g/mol. The minimum Gasteiger partial charge on any atom is -0.465 e. The Kier molecular flexibility index (Phi) is 3.77. The quantitative estimate of drug-likeness (QED) is 0.879. The molecule has 0 radical (unpaired) electrons. The summed E-state index contributed by atoms with van der Waals surface area (Å²) in [5.41, 5.74) is -0.0272. The van der Waals surface area contributed by atoms with Gasteiger partial charge in [0, 0.05) is 6.07 Å². The molecule has 112 valence electrons. The van der Waals surface area contributed by atoms with Crippen molar-refractivity contribution in [2.45, 2.75) is 39.0 Å². The molecule has 0 spiro atoms. The minimum absolute atomic E-state index is 0.0585. The first-order valence-corrected chi connectivity index (χ1v) is 7.37. The molecule has 1 saturated carbocycles. The average Bonchev–Trinajstić information content (AvgIpc) is 3.26. The topological polar surface area (TPSA) is 85.2 Å². The van der Waals surface area contributed by atoms with E-state index < -0.39 is 5.63 Å². The highest BCUT2D eigenvalue weighted by molar-refractivity contribution is 5.75. The molecule has 6 heteroatoms. The third-order valence-corrected chi connectivity index (χ3v) is 3.64. The molecular formula is C15H18N2O4. The Hall–Kier alpha value is -2.11. The molecule has 2 aromatic heterocycles. The molecule has 6 nitrogen and oxygen atoms in total. The molecule has 1 aliphatic carbocycles. The van der Waals surface area contributed by atoms with Gasteiger partial charge in [0.25, 0.3) is 11.6 Å². The number of rotatable bonds is 6. The van der Waals surface area contributed by atoms with Crippen molar-refractivity contribution in [1.82, 2.24) is 9.97 Å². The second kappa shape index (κ2) is 5.71. The molecule has 0 atom stereocenters. The van der Waals surface area contributed by atoms with Crippen LogP contribution in [0, 0.1) is 5.92 Å². The van der Waals surface area contributed by atoms with Gasteiger partial charge in [-0.3, -0.25) is 9.78 Å². The van der Waals surface area contributed by atoms with Crippen LogP contribution in [-0.4, -0.2) is 16.6 Å². The molecule has 0 amide bonds. The Balaban J connectivity index is 2.02. The van der Waals surface area contributed by atoms with Gasteiger partial charge in [-0.15, -0.1) is 0 Å². The Morgan fingerprint density at radius 2 is 2.24 bits per heavy atom. The average molecular weight is 290 g/mol. The molecule has 0 aromatic carbocycles. The summed E-state index contributed by atoms with van der Waals surface area (Å²) in [5, 5.41) is 0.360. The predicted octanol–water partition coefficient (Wildman–Crippen LogP) is 2.01. The maximum absolute atomic E-state index is 12.2. The van der Waals surface area contributed by atoms with Gasteiger partial charge < -0.3 is 9.15 Å². The van der Waals surface area contributed by atoms with E-state index in [1.807, 2.05) is 6.92 Å². The van der Waals surface area contributed by atoms with E-state index in [2.05, 4.69) is 9.97 Å². The van der Waals surface area contributed by atoms with E-state index in [-0.39, 0.29) is 17.3 Å². The number of ether oxygens (including phenoxy) is 1. The normalized spacial score (nSPS) is 14.5. The maximum atomic E-state index is 12.2. The van der Waals surface area contributed by atoms with Gasteiger partial charge in [0.15, 0.2) is 0 Å². The van der Waals surface area contributed by atoms with Crippen LogP contribution in [0.25, 0.3) is 11.1 Å². The summed E-state index contributed by atoms with van der Waals surface area (Å²) in [7, 11) is 0. The van der Waals surface area contributed by atoms with Crippen molar-refractivity contribution < 1.29 is 9.15 Å². The SMILES string of the molecule is CCCOc1nc2oc(=O)cc(CCC3CC3)c2c(=O)[nH]1. The number of nitrogens with one attached hydrogen (secondary N) is 1. The van der Waals surface area contributed by atoms with Crippen LogP contribution >= 0.6 is 0 Å². The van der Waals surface area contributed by atoms with Gasteiger partial charge in [-0.1, -0.05) is 19.8 Å². The third kappa shape index (κ3) is 3.15. The Morgan fingerprint density at radius 1 is 1.43 bits per heavy atom. The van der Waals surface area contributed by atoms with Gasteiger partial charge in [0.05, 0.1) is 6.61 Å². The summed E-state index contributed by atoms with van der Waals surface area (Å²) in [6.07, 6.45) is 4.97. The number of nitrogens with zero attached hydrogens (tertiary/aromatic N) is 1. The van der Waals surface area contributed by atoms with Crippen LogP contribution in [0.3, 0.4) is 0 Å². The summed E-state index contributed by atoms with van der Waals surface area (Å²) in [6, 6.07) is 1.49. The summed E-state index contributed by atoms with van der Waals surface area (Å²) in [6.45, 7) is 2.40. The first-order valence-electron chi connectivity index (χ1n) is 7.37. The number of H-pyrrole nitrogens is 1.